The maximum atomic E-state index is 12.4. The van der Waals surface area contributed by atoms with Crippen LogP contribution in [-0.4, -0.2) is 19.5 Å². The number of aryl methyl sites for hydroxylation is 3. The molecule has 5 nitrogen and oxygen atoms in total. The quantitative estimate of drug-likeness (QED) is 0.907. The molecular formula is C16H17NO4S. The van der Waals surface area contributed by atoms with Gasteiger partial charge in [-0.3, -0.25) is 4.72 Å². The van der Waals surface area contributed by atoms with Crippen molar-refractivity contribution in [1.29, 1.82) is 0 Å². The first-order valence-corrected chi connectivity index (χ1v) is 8.13. The van der Waals surface area contributed by atoms with Crippen molar-refractivity contribution in [2.75, 3.05) is 4.72 Å². The summed E-state index contributed by atoms with van der Waals surface area (Å²) in [5.74, 6) is -1.18. The molecule has 0 amide bonds. The fraction of sp³-hybridized carbons (Fsp3) is 0.188. The zero-order chi connectivity index (χ0) is 16.5. The van der Waals surface area contributed by atoms with Crippen molar-refractivity contribution in [2.45, 2.75) is 25.7 Å². The molecule has 0 saturated carbocycles. The smallest absolute Gasteiger partial charge is 0.337 e. The Balaban J connectivity index is 2.45. The maximum absolute atomic E-state index is 12.4. The number of hydrogen-bond donors (Lipinski definition) is 2. The third kappa shape index (κ3) is 3.28. The van der Waals surface area contributed by atoms with Gasteiger partial charge in [-0.2, -0.15) is 0 Å². The van der Waals surface area contributed by atoms with Gasteiger partial charge >= 0.3 is 5.97 Å². The molecule has 0 atom stereocenters. The first-order chi connectivity index (χ1) is 10.2. The predicted octanol–water partition coefficient (Wildman–Crippen LogP) is 3.11. The molecule has 2 N–H and O–H groups in total. The number of carboxylic acids is 1. The van der Waals surface area contributed by atoms with Gasteiger partial charge < -0.3 is 5.11 Å². The summed E-state index contributed by atoms with van der Waals surface area (Å²) < 4.78 is 27.2. The van der Waals surface area contributed by atoms with Gasteiger partial charge in [-0.05, 0) is 56.2 Å². The monoisotopic (exact) mass is 319 g/mol. The van der Waals surface area contributed by atoms with Crippen molar-refractivity contribution >= 4 is 21.7 Å². The minimum atomic E-state index is -3.83. The van der Waals surface area contributed by atoms with E-state index < -0.39 is 16.0 Å². The lowest BCUT2D eigenvalue weighted by molar-refractivity contribution is 0.0698. The Hall–Kier alpha value is -2.34. The summed E-state index contributed by atoms with van der Waals surface area (Å²) in [6.07, 6.45) is 0. The molecule has 0 saturated heterocycles. The van der Waals surface area contributed by atoms with E-state index in [0.717, 1.165) is 16.7 Å². The molecule has 0 bridgehead atoms. The second-order valence-electron chi connectivity index (χ2n) is 5.21. The van der Waals surface area contributed by atoms with E-state index in [0.29, 0.717) is 0 Å². The minimum Gasteiger partial charge on any atom is -0.478 e. The standard InChI is InChI=1S/C16H17NO4S/c1-10-4-7-15(14(8-10)16(18)19)17-22(20,21)13-6-5-11(2)12(3)9-13/h4-9,17H,1-3H3,(H,18,19). The maximum Gasteiger partial charge on any atom is 0.337 e. The Kier molecular flexibility index (Phi) is 4.23. The van der Waals surface area contributed by atoms with Crippen LogP contribution in [0.15, 0.2) is 41.3 Å². The number of benzene rings is 2. The molecular weight excluding hydrogens is 302 g/mol. The molecule has 116 valence electrons. The SMILES string of the molecule is Cc1ccc(NS(=O)(=O)c2ccc(C)c(C)c2)c(C(=O)O)c1. The molecule has 0 aromatic heterocycles. The average Bonchev–Trinajstić information content (AvgIpc) is 2.43. The Morgan fingerprint density at radius 1 is 1.00 bits per heavy atom. The van der Waals surface area contributed by atoms with Crippen LogP contribution in [0.1, 0.15) is 27.0 Å². The molecule has 0 aliphatic rings. The summed E-state index contributed by atoms with van der Waals surface area (Å²) in [6.45, 7) is 5.46. The fourth-order valence-electron chi connectivity index (χ4n) is 2.01. The van der Waals surface area contributed by atoms with E-state index in [1.807, 2.05) is 13.8 Å². The first kappa shape index (κ1) is 16.0. The van der Waals surface area contributed by atoms with Gasteiger partial charge in [0, 0.05) is 0 Å². The van der Waals surface area contributed by atoms with Crippen molar-refractivity contribution in [3.05, 3.63) is 58.7 Å². The van der Waals surface area contributed by atoms with Crippen LogP contribution in [0.4, 0.5) is 5.69 Å². The van der Waals surface area contributed by atoms with E-state index >= 15 is 0 Å². The van der Waals surface area contributed by atoms with Crippen molar-refractivity contribution in [1.82, 2.24) is 0 Å². The van der Waals surface area contributed by atoms with Gasteiger partial charge in [0.1, 0.15) is 0 Å². The number of sulfonamides is 1. The van der Waals surface area contributed by atoms with Gasteiger partial charge in [-0.25, -0.2) is 13.2 Å². The number of carboxylic acid groups (broad SMARTS) is 1. The zero-order valence-electron chi connectivity index (χ0n) is 12.5. The van der Waals surface area contributed by atoms with Crippen LogP contribution in [0.25, 0.3) is 0 Å². The van der Waals surface area contributed by atoms with Crippen LogP contribution in [-0.2, 0) is 10.0 Å². The Bertz CT molecular complexity index is 841. The highest BCUT2D eigenvalue weighted by molar-refractivity contribution is 7.92. The normalized spacial score (nSPS) is 11.2. The van der Waals surface area contributed by atoms with Crippen LogP contribution >= 0.6 is 0 Å². The van der Waals surface area contributed by atoms with Gasteiger partial charge in [-0.1, -0.05) is 17.7 Å². The van der Waals surface area contributed by atoms with Crippen LogP contribution < -0.4 is 4.72 Å². The lowest BCUT2D eigenvalue weighted by atomic mass is 10.1. The van der Waals surface area contributed by atoms with Crippen molar-refractivity contribution in [3.8, 4) is 0 Å². The number of nitrogens with one attached hydrogen (secondary N) is 1. The molecule has 22 heavy (non-hydrogen) atoms. The molecule has 0 aliphatic carbocycles. The predicted molar refractivity (Wildman–Crippen MR) is 84.9 cm³/mol. The molecule has 0 aliphatic heterocycles. The van der Waals surface area contributed by atoms with E-state index in [4.69, 9.17) is 0 Å². The molecule has 0 unspecified atom stereocenters. The highest BCUT2D eigenvalue weighted by Gasteiger charge is 2.19. The Labute approximate surface area is 129 Å². The molecule has 0 heterocycles. The first-order valence-electron chi connectivity index (χ1n) is 6.65. The second-order valence-corrected chi connectivity index (χ2v) is 6.89. The fourth-order valence-corrected chi connectivity index (χ4v) is 3.17. The highest BCUT2D eigenvalue weighted by atomic mass is 32.2. The van der Waals surface area contributed by atoms with E-state index in [2.05, 4.69) is 4.72 Å². The van der Waals surface area contributed by atoms with E-state index in [1.165, 1.54) is 18.2 Å². The van der Waals surface area contributed by atoms with Crippen LogP contribution in [0.2, 0.25) is 0 Å². The molecule has 0 spiro atoms. The lowest BCUT2D eigenvalue weighted by Gasteiger charge is -2.12. The lowest BCUT2D eigenvalue weighted by Crippen LogP contribution is -2.16. The van der Waals surface area contributed by atoms with Gasteiger partial charge in [-0.15, -0.1) is 0 Å². The largest absolute Gasteiger partial charge is 0.478 e. The summed E-state index contributed by atoms with van der Waals surface area (Å²) in [5, 5.41) is 9.20. The molecule has 2 rings (SSSR count). The van der Waals surface area contributed by atoms with Gasteiger partial charge in [0.05, 0.1) is 16.1 Å². The molecule has 6 heteroatoms. The third-order valence-electron chi connectivity index (χ3n) is 3.44. The molecule has 0 radical (unpaired) electrons. The van der Waals surface area contributed by atoms with Gasteiger partial charge in [0.25, 0.3) is 10.0 Å². The molecule has 2 aromatic rings. The van der Waals surface area contributed by atoms with E-state index in [1.54, 1.807) is 25.1 Å². The van der Waals surface area contributed by atoms with Crippen molar-refractivity contribution < 1.29 is 18.3 Å². The van der Waals surface area contributed by atoms with Crippen molar-refractivity contribution in [3.63, 3.8) is 0 Å². The zero-order valence-corrected chi connectivity index (χ0v) is 13.4. The third-order valence-corrected chi connectivity index (χ3v) is 4.80. The Morgan fingerprint density at radius 2 is 1.68 bits per heavy atom. The van der Waals surface area contributed by atoms with E-state index in [9.17, 15) is 18.3 Å². The topological polar surface area (TPSA) is 83.5 Å². The average molecular weight is 319 g/mol. The van der Waals surface area contributed by atoms with Crippen LogP contribution in [0, 0.1) is 20.8 Å². The second kappa shape index (κ2) is 5.81. The van der Waals surface area contributed by atoms with Crippen LogP contribution in [0.5, 0.6) is 0 Å². The number of rotatable bonds is 4. The number of carbonyl (C=O) groups is 1. The summed E-state index contributed by atoms with van der Waals surface area (Å²) in [7, 11) is -3.83. The number of aromatic carboxylic acids is 1. The highest BCUT2D eigenvalue weighted by Crippen LogP contribution is 2.22. The van der Waals surface area contributed by atoms with E-state index in [-0.39, 0.29) is 16.1 Å². The number of hydrogen-bond acceptors (Lipinski definition) is 3. The molecule has 2 aromatic carbocycles. The van der Waals surface area contributed by atoms with Crippen LogP contribution in [0.3, 0.4) is 0 Å². The van der Waals surface area contributed by atoms with Crippen molar-refractivity contribution in [2.24, 2.45) is 0 Å². The minimum absolute atomic E-state index is 0.0522. The Morgan fingerprint density at radius 3 is 2.27 bits per heavy atom. The van der Waals surface area contributed by atoms with Gasteiger partial charge in [0.2, 0.25) is 0 Å². The summed E-state index contributed by atoms with van der Waals surface area (Å²) >= 11 is 0. The van der Waals surface area contributed by atoms with Gasteiger partial charge in [0.15, 0.2) is 0 Å². The number of anilines is 1. The molecule has 0 fully saturated rings. The summed E-state index contributed by atoms with van der Waals surface area (Å²) in [6, 6.07) is 9.32. The summed E-state index contributed by atoms with van der Waals surface area (Å²) in [5.41, 5.74) is 2.56. The summed E-state index contributed by atoms with van der Waals surface area (Å²) in [4.78, 5) is 11.4.